The van der Waals surface area contributed by atoms with Crippen LogP contribution < -0.4 is 4.74 Å². The van der Waals surface area contributed by atoms with E-state index in [0.717, 1.165) is 43.7 Å². The average molecular weight is 289 g/mol. The van der Waals surface area contributed by atoms with E-state index < -0.39 is 5.60 Å². The van der Waals surface area contributed by atoms with Crippen LogP contribution in [0.4, 0.5) is 0 Å². The van der Waals surface area contributed by atoms with E-state index in [1.54, 1.807) is 7.11 Å². The van der Waals surface area contributed by atoms with Crippen molar-refractivity contribution in [1.29, 1.82) is 0 Å². The summed E-state index contributed by atoms with van der Waals surface area (Å²) in [7, 11) is 1.69. The summed E-state index contributed by atoms with van der Waals surface area (Å²) in [4.78, 5) is 2.53. The molecule has 1 N–H and O–H groups in total. The number of rotatable bonds is 3. The van der Waals surface area contributed by atoms with Crippen LogP contribution in [0.15, 0.2) is 24.3 Å². The van der Waals surface area contributed by atoms with Gasteiger partial charge in [0.25, 0.3) is 0 Å². The number of likely N-dealkylation sites (tertiary alicyclic amines) is 1. The SMILES string of the molecule is COc1cccc(C2(O)CCCCC2N2CCCCC2)c1. The normalized spacial score (nSPS) is 31.0. The molecule has 1 aliphatic heterocycles. The van der Waals surface area contributed by atoms with Crippen LogP contribution in [-0.4, -0.2) is 36.2 Å². The number of ether oxygens (including phenoxy) is 1. The zero-order chi connectivity index (χ0) is 14.7. The molecule has 1 heterocycles. The van der Waals surface area contributed by atoms with Gasteiger partial charge in [-0.05, 0) is 56.5 Å². The lowest BCUT2D eigenvalue weighted by Crippen LogP contribution is -2.54. The van der Waals surface area contributed by atoms with Crippen LogP contribution in [0.1, 0.15) is 50.5 Å². The molecular weight excluding hydrogens is 262 g/mol. The first-order chi connectivity index (χ1) is 10.2. The van der Waals surface area contributed by atoms with Crippen molar-refractivity contribution in [2.75, 3.05) is 20.2 Å². The second kappa shape index (κ2) is 6.37. The molecule has 2 aliphatic rings. The summed E-state index contributed by atoms with van der Waals surface area (Å²) in [6.45, 7) is 2.27. The molecule has 3 rings (SSSR count). The molecule has 1 aromatic rings. The van der Waals surface area contributed by atoms with Gasteiger partial charge in [-0.1, -0.05) is 31.4 Å². The molecule has 2 fully saturated rings. The van der Waals surface area contributed by atoms with Crippen molar-refractivity contribution in [3.8, 4) is 5.75 Å². The maximum atomic E-state index is 11.5. The Labute approximate surface area is 127 Å². The molecule has 0 spiro atoms. The minimum absolute atomic E-state index is 0.263. The average Bonchev–Trinajstić information content (AvgIpc) is 2.56. The van der Waals surface area contributed by atoms with Crippen molar-refractivity contribution < 1.29 is 9.84 Å². The Morgan fingerprint density at radius 1 is 1.14 bits per heavy atom. The minimum Gasteiger partial charge on any atom is -0.497 e. The summed E-state index contributed by atoms with van der Waals surface area (Å²) >= 11 is 0. The molecule has 21 heavy (non-hydrogen) atoms. The standard InChI is InChI=1S/C18H27NO2/c1-21-16-9-7-8-15(14-16)18(20)11-4-3-10-17(18)19-12-5-2-6-13-19/h7-9,14,17,20H,2-6,10-13H2,1H3. The van der Waals surface area contributed by atoms with E-state index in [9.17, 15) is 5.11 Å². The number of methoxy groups -OCH3 is 1. The number of nitrogens with zero attached hydrogens (tertiary/aromatic N) is 1. The molecule has 0 radical (unpaired) electrons. The Hall–Kier alpha value is -1.06. The number of aliphatic hydroxyl groups is 1. The number of piperidine rings is 1. The summed E-state index contributed by atoms with van der Waals surface area (Å²) < 4.78 is 5.35. The predicted octanol–water partition coefficient (Wildman–Crippen LogP) is 3.31. The molecule has 116 valence electrons. The number of hydrogen-bond acceptors (Lipinski definition) is 3. The molecule has 1 saturated carbocycles. The Kier molecular flexibility index (Phi) is 4.51. The van der Waals surface area contributed by atoms with Crippen molar-refractivity contribution >= 4 is 0 Å². The first-order valence-electron chi connectivity index (χ1n) is 8.35. The van der Waals surface area contributed by atoms with Crippen LogP contribution in [0.2, 0.25) is 0 Å². The maximum Gasteiger partial charge on any atom is 0.119 e. The highest BCUT2D eigenvalue weighted by Gasteiger charge is 2.43. The first kappa shape index (κ1) is 14.9. The molecule has 1 aliphatic carbocycles. The smallest absolute Gasteiger partial charge is 0.119 e. The Morgan fingerprint density at radius 2 is 1.95 bits per heavy atom. The van der Waals surface area contributed by atoms with Gasteiger partial charge in [-0.15, -0.1) is 0 Å². The number of benzene rings is 1. The molecule has 1 aromatic carbocycles. The van der Waals surface area contributed by atoms with E-state index in [1.165, 1.54) is 25.7 Å². The number of hydrogen-bond donors (Lipinski definition) is 1. The first-order valence-corrected chi connectivity index (χ1v) is 8.35. The lowest BCUT2D eigenvalue weighted by Gasteiger charge is -2.47. The third-order valence-electron chi connectivity index (χ3n) is 5.24. The fourth-order valence-electron chi connectivity index (χ4n) is 4.08. The molecule has 1 saturated heterocycles. The van der Waals surface area contributed by atoms with Crippen LogP contribution >= 0.6 is 0 Å². The lowest BCUT2D eigenvalue weighted by molar-refractivity contribution is -0.0841. The van der Waals surface area contributed by atoms with Gasteiger partial charge >= 0.3 is 0 Å². The highest BCUT2D eigenvalue weighted by Crippen LogP contribution is 2.41. The minimum atomic E-state index is -0.718. The van der Waals surface area contributed by atoms with Crippen LogP contribution in [-0.2, 0) is 5.60 Å². The molecule has 2 unspecified atom stereocenters. The van der Waals surface area contributed by atoms with Gasteiger partial charge < -0.3 is 9.84 Å². The van der Waals surface area contributed by atoms with Crippen molar-refractivity contribution in [2.45, 2.75) is 56.6 Å². The van der Waals surface area contributed by atoms with Crippen LogP contribution in [0.5, 0.6) is 5.75 Å². The maximum absolute atomic E-state index is 11.5. The van der Waals surface area contributed by atoms with Crippen LogP contribution in [0.25, 0.3) is 0 Å². The van der Waals surface area contributed by atoms with E-state index in [4.69, 9.17) is 4.74 Å². The van der Waals surface area contributed by atoms with E-state index in [2.05, 4.69) is 11.0 Å². The zero-order valence-corrected chi connectivity index (χ0v) is 13.1. The largest absolute Gasteiger partial charge is 0.497 e. The molecule has 3 nitrogen and oxygen atoms in total. The van der Waals surface area contributed by atoms with Crippen molar-refractivity contribution in [3.05, 3.63) is 29.8 Å². The third kappa shape index (κ3) is 2.95. The van der Waals surface area contributed by atoms with Gasteiger partial charge in [0, 0.05) is 6.04 Å². The van der Waals surface area contributed by atoms with Gasteiger partial charge in [0.1, 0.15) is 11.4 Å². The second-order valence-corrected chi connectivity index (χ2v) is 6.51. The molecule has 0 bridgehead atoms. The van der Waals surface area contributed by atoms with Gasteiger partial charge in [-0.25, -0.2) is 0 Å². The van der Waals surface area contributed by atoms with E-state index in [0.29, 0.717) is 0 Å². The Bertz CT molecular complexity index is 470. The van der Waals surface area contributed by atoms with Gasteiger partial charge in [0.15, 0.2) is 0 Å². The van der Waals surface area contributed by atoms with Gasteiger partial charge in [0.05, 0.1) is 7.11 Å². The van der Waals surface area contributed by atoms with Gasteiger partial charge in [-0.3, -0.25) is 4.90 Å². The molecule has 3 heteroatoms. The molecule has 0 aromatic heterocycles. The van der Waals surface area contributed by atoms with Crippen LogP contribution in [0, 0.1) is 0 Å². The lowest BCUT2D eigenvalue weighted by atomic mass is 9.74. The second-order valence-electron chi connectivity index (χ2n) is 6.51. The third-order valence-corrected chi connectivity index (χ3v) is 5.24. The topological polar surface area (TPSA) is 32.7 Å². The van der Waals surface area contributed by atoms with E-state index >= 15 is 0 Å². The fourth-order valence-corrected chi connectivity index (χ4v) is 4.08. The summed E-state index contributed by atoms with van der Waals surface area (Å²) in [5.41, 5.74) is 0.307. The van der Waals surface area contributed by atoms with Crippen LogP contribution in [0.3, 0.4) is 0 Å². The summed E-state index contributed by atoms with van der Waals surface area (Å²) in [5, 5.41) is 11.5. The molecular formula is C18H27NO2. The highest BCUT2D eigenvalue weighted by molar-refractivity contribution is 5.34. The van der Waals surface area contributed by atoms with Crippen molar-refractivity contribution in [1.82, 2.24) is 4.90 Å². The summed E-state index contributed by atoms with van der Waals surface area (Å²) in [6.07, 6.45) is 8.18. The highest BCUT2D eigenvalue weighted by atomic mass is 16.5. The summed E-state index contributed by atoms with van der Waals surface area (Å²) in [5.74, 6) is 0.837. The zero-order valence-electron chi connectivity index (χ0n) is 13.1. The predicted molar refractivity (Wildman–Crippen MR) is 84.6 cm³/mol. The Balaban J connectivity index is 1.90. The van der Waals surface area contributed by atoms with Crippen molar-refractivity contribution in [2.24, 2.45) is 0 Å². The quantitative estimate of drug-likeness (QED) is 0.926. The van der Waals surface area contributed by atoms with Gasteiger partial charge in [0.2, 0.25) is 0 Å². The Morgan fingerprint density at radius 3 is 2.71 bits per heavy atom. The van der Waals surface area contributed by atoms with Crippen molar-refractivity contribution in [3.63, 3.8) is 0 Å². The monoisotopic (exact) mass is 289 g/mol. The van der Waals surface area contributed by atoms with Gasteiger partial charge in [-0.2, -0.15) is 0 Å². The van der Waals surface area contributed by atoms with E-state index in [-0.39, 0.29) is 6.04 Å². The summed E-state index contributed by atoms with van der Waals surface area (Å²) in [6, 6.07) is 8.28. The van der Waals surface area contributed by atoms with E-state index in [1.807, 2.05) is 18.2 Å². The molecule has 0 amide bonds. The molecule has 2 atom stereocenters. The fraction of sp³-hybridized carbons (Fsp3) is 0.667.